The molecule has 1 fully saturated rings. The predicted molar refractivity (Wildman–Crippen MR) is 58.8 cm³/mol. The van der Waals surface area contributed by atoms with Gasteiger partial charge in [-0.15, -0.1) is 0 Å². The van der Waals surface area contributed by atoms with Crippen LogP contribution in [0, 0.1) is 5.92 Å². The van der Waals surface area contributed by atoms with E-state index in [4.69, 9.17) is 4.74 Å². The lowest BCUT2D eigenvalue weighted by molar-refractivity contribution is 0.0862. The van der Waals surface area contributed by atoms with Crippen LogP contribution in [0.25, 0.3) is 0 Å². The van der Waals surface area contributed by atoms with Gasteiger partial charge in [-0.1, -0.05) is 0 Å². The van der Waals surface area contributed by atoms with Crippen LogP contribution in [0.1, 0.15) is 19.8 Å². The summed E-state index contributed by atoms with van der Waals surface area (Å²) in [4.78, 5) is 0. The van der Waals surface area contributed by atoms with E-state index in [0.717, 1.165) is 12.8 Å². The second-order valence-corrected chi connectivity index (χ2v) is 5.61. The molecule has 1 aliphatic rings. The van der Waals surface area contributed by atoms with Crippen molar-refractivity contribution < 1.29 is 13.2 Å². The smallest absolute Gasteiger partial charge is 0.279 e. The van der Waals surface area contributed by atoms with Gasteiger partial charge in [-0.2, -0.15) is 12.7 Å². The van der Waals surface area contributed by atoms with Gasteiger partial charge in [0.05, 0.1) is 6.61 Å². The number of ether oxygens (including phenoxy) is 1. The van der Waals surface area contributed by atoms with Crippen LogP contribution < -0.4 is 4.72 Å². The molecule has 1 heterocycles. The fourth-order valence-corrected chi connectivity index (χ4v) is 2.83. The summed E-state index contributed by atoms with van der Waals surface area (Å²) in [6.07, 6.45) is 1.97. The fourth-order valence-electron chi connectivity index (χ4n) is 1.79. The highest BCUT2D eigenvalue weighted by molar-refractivity contribution is 7.87. The minimum absolute atomic E-state index is 0.335. The molecule has 1 N–H and O–H groups in total. The van der Waals surface area contributed by atoms with Crippen molar-refractivity contribution in [3.8, 4) is 0 Å². The normalized spacial score (nSPS) is 24.3. The van der Waals surface area contributed by atoms with E-state index in [1.165, 1.54) is 11.4 Å². The Morgan fingerprint density at radius 2 is 2.27 bits per heavy atom. The summed E-state index contributed by atoms with van der Waals surface area (Å²) >= 11 is 0. The quantitative estimate of drug-likeness (QED) is 0.742. The molecule has 0 bridgehead atoms. The van der Waals surface area contributed by atoms with Gasteiger partial charge < -0.3 is 4.74 Å². The Morgan fingerprint density at radius 3 is 2.87 bits per heavy atom. The Labute approximate surface area is 92.0 Å². The van der Waals surface area contributed by atoms with Crippen molar-refractivity contribution in [2.45, 2.75) is 19.8 Å². The van der Waals surface area contributed by atoms with Gasteiger partial charge in [0, 0.05) is 26.7 Å². The van der Waals surface area contributed by atoms with Crippen LogP contribution in [0.15, 0.2) is 0 Å². The first-order valence-electron chi connectivity index (χ1n) is 5.36. The highest BCUT2D eigenvalue weighted by Gasteiger charge is 2.27. The summed E-state index contributed by atoms with van der Waals surface area (Å²) in [7, 11) is -1.81. The zero-order valence-corrected chi connectivity index (χ0v) is 10.2. The molecule has 0 amide bonds. The number of nitrogens with one attached hydrogen (secondary N) is 1. The van der Waals surface area contributed by atoms with Crippen LogP contribution >= 0.6 is 0 Å². The molecule has 0 aromatic heterocycles. The molecule has 1 atom stereocenters. The minimum atomic E-state index is -3.25. The van der Waals surface area contributed by atoms with Gasteiger partial charge in [-0.3, -0.25) is 0 Å². The first-order chi connectivity index (χ1) is 7.10. The summed E-state index contributed by atoms with van der Waals surface area (Å²) in [6.45, 7) is 4.49. The maximum Gasteiger partial charge on any atom is 0.279 e. The Kier molecular flexibility index (Phi) is 4.98. The topological polar surface area (TPSA) is 58.6 Å². The molecule has 15 heavy (non-hydrogen) atoms. The zero-order chi connectivity index (χ0) is 11.3. The molecular formula is C9H20N2O3S. The second kappa shape index (κ2) is 5.79. The van der Waals surface area contributed by atoms with E-state index in [0.29, 0.717) is 32.2 Å². The van der Waals surface area contributed by atoms with E-state index < -0.39 is 10.2 Å². The molecule has 1 aliphatic heterocycles. The number of piperidine rings is 1. The second-order valence-electron chi connectivity index (χ2n) is 3.73. The van der Waals surface area contributed by atoms with Gasteiger partial charge in [0.15, 0.2) is 0 Å². The largest absolute Gasteiger partial charge is 0.381 e. The fraction of sp³-hybridized carbons (Fsp3) is 1.00. The van der Waals surface area contributed by atoms with Crippen LogP contribution in [0.4, 0.5) is 0 Å². The van der Waals surface area contributed by atoms with Crippen molar-refractivity contribution in [3.05, 3.63) is 0 Å². The standard InChI is InChI=1S/C9H20N2O3S/c1-3-14-8-9-5-4-6-11(7-9)15(12,13)10-2/h9-10H,3-8H2,1-2H3. The van der Waals surface area contributed by atoms with Gasteiger partial charge in [0.2, 0.25) is 0 Å². The van der Waals surface area contributed by atoms with Gasteiger partial charge in [-0.05, 0) is 25.7 Å². The van der Waals surface area contributed by atoms with Gasteiger partial charge in [0.1, 0.15) is 0 Å². The highest BCUT2D eigenvalue weighted by Crippen LogP contribution is 2.18. The monoisotopic (exact) mass is 236 g/mol. The third-order valence-electron chi connectivity index (χ3n) is 2.64. The Morgan fingerprint density at radius 1 is 1.53 bits per heavy atom. The molecule has 6 heteroatoms. The lowest BCUT2D eigenvalue weighted by Gasteiger charge is -2.31. The van der Waals surface area contributed by atoms with Gasteiger partial charge >= 0.3 is 0 Å². The highest BCUT2D eigenvalue weighted by atomic mass is 32.2. The third kappa shape index (κ3) is 3.71. The van der Waals surface area contributed by atoms with Crippen molar-refractivity contribution in [2.75, 3.05) is 33.4 Å². The van der Waals surface area contributed by atoms with Crippen molar-refractivity contribution in [1.82, 2.24) is 9.03 Å². The Hall–Kier alpha value is -0.170. The van der Waals surface area contributed by atoms with E-state index in [1.807, 2.05) is 6.92 Å². The molecule has 90 valence electrons. The van der Waals surface area contributed by atoms with Gasteiger partial charge in [0.25, 0.3) is 10.2 Å². The molecule has 1 unspecified atom stereocenters. The van der Waals surface area contributed by atoms with E-state index in [2.05, 4.69) is 4.72 Å². The summed E-state index contributed by atoms with van der Waals surface area (Å²) < 4.78 is 32.3. The lowest BCUT2D eigenvalue weighted by atomic mass is 10.0. The summed E-state index contributed by atoms with van der Waals surface area (Å²) in [5.41, 5.74) is 0. The molecule has 0 aromatic rings. The number of hydrogen-bond acceptors (Lipinski definition) is 3. The lowest BCUT2D eigenvalue weighted by Crippen LogP contribution is -2.45. The number of hydrogen-bond donors (Lipinski definition) is 1. The molecule has 0 aliphatic carbocycles. The van der Waals surface area contributed by atoms with Crippen LogP contribution in [-0.2, 0) is 14.9 Å². The number of nitrogens with zero attached hydrogens (tertiary/aromatic N) is 1. The SMILES string of the molecule is CCOCC1CCCN(S(=O)(=O)NC)C1. The Bertz CT molecular complexity index is 279. The van der Waals surface area contributed by atoms with Gasteiger partial charge in [-0.25, -0.2) is 4.72 Å². The molecule has 0 spiro atoms. The van der Waals surface area contributed by atoms with Crippen LogP contribution in [0.5, 0.6) is 0 Å². The molecule has 5 nitrogen and oxygen atoms in total. The third-order valence-corrected chi connectivity index (χ3v) is 4.16. The van der Waals surface area contributed by atoms with Crippen molar-refractivity contribution in [1.29, 1.82) is 0 Å². The molecule has 0 aromatic carbocycles. The summed E-state index contributed by atoms with van der Waals surface area (Å²) in [6, 6.07) is 0. The predicted octanol–water partition coefficient (Wildman–Crippen LogP) is 0.199. The maximum absolute atomic E-state index is 11.5. The molecule has 0 saturated carbocycles. The van der Waals surface area contributed by atoms with Crippen LogP contribution in [0.2, 0.25) is 0 Å². The average Bonchev–Trinajstić information content (AvgIpc) is 2.27. The maximum atomic E-state index is 11.5. The summed E-state index contributed by atoms with van der Waals surface area (Å²) in [5, 5.41) is 0. The van der Waals surface area contributed by atoms with E-state index >= 15 is 0 Å². The molecule has 1 saturated heterocycles. The van der Waals surface area contributed by atoms with Crippen LogP contribution in [-0.4, -0.2) is 46.1 Å². The average molecular weight is 236 g/mol. The molecule has 1 rings (SSSR count). The Balaban J connectivity index is 2.49. The minimum Gasteiger partial charge on any atom is -0.381 e. The van der Waals surface area contributed by atoms with Crippen molar-refractivity contribution in [2.24, 2.45) is 5.92 Å². The zero-order valence-electron chi connectivity index (χ0n) is 9.40. The van der Waals surface area contributed by atoms with Crippen molar-refractivity contribution >= 4 is 10.2 Å². The number of rotatable bonds is 5. The first kappa shape index (κ1) is 12.9. The molecular weight excluding hydrogens is 216 g/mol. The van der Waals surface area contributed by atoms with E-state index in [9.17, 15) is 8.42 Å². The first-order valence-corrected chi connectivity index (χ1v) is 6.80. The van der Waals surface area contributed by atoms with E-state index in [-0.39, 0.29) is 0 Å². The van der Waals surface area contributed by atoms with Crippen LogP contribution in [0.3, 0.4) is 0 Å². The van der Waals surface area contributed by atoms with E-state index in [1.54, 1.807) is 0 Å². The van der Waals surface area contributed by atoms with Crippen molar-refractivity contribution in [3.63, 3.8) is 0 Å². The molecule has 0 radical (unpaired) electrons. The summed E-state index contributed by atoms with van der Waals surface area (Å²) in [5.74, 6) is 0.335.